The van der Waals surface area contributed by atoms with Crippen LogP contribution >= 0.6 is 0 Å². The number of rotatable bonds is 6. The summed E-state index contributed by atoms with van der Waals surface area (Å²) in [4.78, 5) is 13.6. The van der Waals surface area contributed by atoms with E-state index in [2.05, 4.69) is 0 Å². The number of likely N-dealkylation sites (N-methyl/N-ethyl adjacent to an activating group) is 1. The lowest BCUT2D eigenvalue weighted by molar-refractivity contribution is -0.141. The first kappa shape index (κ1) is 14.6. The topological polar surface area (TPSA) is 55.6 Å². The molecule has 1 aromatic rings. The number of methoxy groups -OCH3 is 1. The third-order valence-electron chi connectivity index (χ3n) is 2.73. The molecular formula is C13H19FN2O2. The fourth-order valence-electron chi connectivity index (χ4n) is 1.70. The molecule has 1 aromatic carbocycles. The molecule has 4 nitrogen and oxygen atoms in total. The molecule has 1 atom stereocenters. The highest BCUT2D eigenvalue weighted by atomic mass is 19.1. The van der Waals surface area contributed by atoms with Gasteiger partial charge in [0.2, 0.25) is 0 Å². The number of carbonyl (C=O) groups is 1. The van der Waals surface area contributed by atoms with Gasteiger partial charge in [-0.1, -0.05) is 12.1 Å². The van der Waals surface area contributed by atoms with Crippen LogP contribution in [0.5, 0.6) is 0 Å². The van der Waals surface area contributed by atoms with Crippen LogP contribution in [0.3, 0.4) is 0 Å². The van der Waals surface area contributed by atoms with Crippen molar-refractivity contribution in [2.45, 2.75) is 19.6 Å². The molecule has 5 heteroatoms. The highest BCUT2D eigenvalue weighted by Gasteiger charge is 2.21. The molecule has 0 saturated heterocycles. The van der Waals surface area contributed by atoms with Crippen molar-refractivity contribution in [3.8, 4) is 0 Å². The van der Waals surface area contributed by atoms with Gasteiger partial charge < -0.3 is 15.4 Å². The van der Waals surface area contributed by atoms with Gasteiger partial charge in [-0.05, 0) is 24.6 Å². The highest BCUT2D eigenvalue weighted by Crippen LogP contribution is 2.09. The summed E-state index contributed by atoms with van der Waals surface area (Å²) in [7, 11) is 1.45. The summed E-state index contributed by atoms with van der Waals surface area (Å²) in [6.45, 7) is 2.87. The molecular weight excluding hydrogens is 235 g/mol. The van der Waals surface area contributed by atoms with Crippen LogP contribution in [0.15, 0.2) is 24.3 Å². The van der Waals surface area contributed by atoms with E-state index < -0.39 is 6.10 Å². The molecule has 0 saturated carbocycles. The van der Waals surface area contributed by atoms with Crippen molar-refractivity contribution < 1.29 is 13.9 Å². The third kappa shape index (κ3) is 3.78. The van der Waals surface area contributed by atoms with E-state index in [9.17, 15) is 9.18 Å². The minimum absolute atomic E-state index is 0.134. The Morgan fingerprint density at radius 2 is 2.28 bits per heavy atom. The lowest BCUT2D eigenvalue weighted by atomic mass is 10.2. The van der Waals surface area contributed by atoms with Crippen LogP contribution in [0.25, 0.3) is 0 Å². The summed E-state index contributed by atoms with van der Waals surface area (Å²) < 4.78 is 18.1. The van der Waals surface area contributed by atoms with Crippen molar-refractivity contribution in [3.05, 3.63) is 35.6 Å². The van der Waals surface area contributed by atoms with Crippen LogP contribution < -0.4 is 5.73 Å². The molecule has 2 N–H and O–H groups in total. The van der Waals surface area contributed by atoms with Gasteiger partial charge in [0.05, 0.1) is 0 Å². The Bertz CT molecular complexity index is 394. The summed E-state index contributed by atoms with van der Waals surface area (Å²) in [5, 5.41) is 0. The van der Waals surface area contributed by atoms with Crippen LogP contribution in [0, 0.1) is 5.82 Å². The number of amides is 1. The lowest BCUT2D eigenvalue weighted by Gasteiger charge is -2.25. The maximum absolute atomic E-state index is 13.1. The van der Waals surface area contributed by atoms with Gasteiger partial charge in [-0.25, -0.2) is 4.39 Å². The standard InChI is InChI=1S/C13H19FN2O2/c1-3-16(13(17)12(8-15)18-2)9-10-5-4-6-11(14)7-10/h4-7,12H,3,8-9,15H2,1-2H3. The van der Waals surface area contributed by atoms with Crippen LogP contribution in [-0.2, 0) is 16.1 Å². The van der Waals surface area contributed by atoms with E-state index in [0.717, 1.165) is 5.56 Å². The summed E-state index contributed by atoms with van der Waals surface area (Å²) in [6.07, 6.45) is -0.640. The van der Waals surface area contributed by atoms with Gasteiger partial charge in [0, 0.05) is 26.7 Å². The lowest BCUT2D eigenvalue weighted by Crippen LogP contribution is -2.43. The Kier molecular flexibility index (Phi) is 5.74. The number of hydrogen-bond acceptors (Lipinski definition) is 3. The Morgan fingerprint density at radius 1 is 1.56 bits per heavy atom. The number of ether oxygens (including phenoxy) is 1. The first-order valence-electron chi connectivity index (χ1n) is 5.88. The van der Waals surface area contributed by atoms with Crippen LogP contribution in [-0.4, -0.2) is 37.1 Å². The summed E-state index contributed by atoms with van der Waals surface area (Å²) >= 11 is 0. The molecule has 1 unspecified atom stereocenters. The molecule has 0 bridgehead atoms. The summed E-state index contributed by atoms with van der Waals surface area (Å²) in [6, 6.07) is 6.20. The fraction of sp³-hybridized carbons (Fsp3) is 0.462. The second-order valence-corrected chi connectivity index (χ2v) is 3.94. The smallest absolute Gasteiger partial charge is 0.253 e. The molecule has 0 aliphatic carbocycles. The van der Waals surface area contributed by atoms with Gasteiger partial charge in [0.15, 0.2) is 0 Å². The fourth-order valence-corrected chi connectivity index (χ4v) is 1.70. The Balaban J connectivity index is 2.75. The van der Waals surface area contributed by atoms with Crippen molar-refractivity contribution in [3.63, 3.8) is 0 Å². The van der Waals surface area contributed by atoms with Crippen molar-refractivity contribution >= 4 is 5.91 Å². The molecule has 100 valence electrons. The first-order valence-corrected chi connectivity index (χ1v) is 5.88. The van der Waals surface area contributed by atoms with Crippen molar-refractivity contribution in [1.82, 2.24) is 4.90 Å². The molecule has 0 heterocycles. The zero-order valence-electron chi connectivity index (χ0n) is 10.7. The minimum Gasteiger partial charge on any atom is -0.370 e. The molecule has 1 amide bonds. The normalized spacial score (nSPS) is 12.2. The van der Waals surface area contributed by atoms with Crippen molar-refractivity contribution in [2.75, 3.05) is 20.2 Å². The molecule has 0 spiro atoms. The Morgan fingerprint density at radius 3 is 2.78 bits per heavy atom. The third-order valence-corrected chi connectivity index (χ3v) is 2.73. The van der Waals surface area contributed by atoms with Crippen LogP contribution in [0.2, 0.25) is 0 Å². The molecule has 0 aliphatic heterocycles. The molecule has 0 aromatic heterocycles. The van der Waals surface area contributed by atoms with Crippen LogP contribution in [0.1, 0.15) is 12.5 Å². The monoisotopic (exact) mass is 254 g/mol. The number of nitrogens with zero attached hydrogens (tertiary/aromatic N) is 1. The van der Waals surface area contributed by atoms with E-state index in [0.29, 0.717) is 13.1 Å². The quantitative estimate of drug-likeness (QED) is 0.828. The average Bonchev–Trinajstić information content (AvgIpc) is 2.37. The maximum Gasteiger partial charge on any atom is 0.253 e. The molecule has 0 fully saturated rings. The average molecular weight is 254 g/mol. The largest absolute Gasteiger partial charge is 0.370 e. The number of nitrogens with two attached hydrogens (primary N) is 1. The molecule has 0 aliphatic rings. The number of benzene rings is 1. The van der Waals surface area contributed by atoms with E-state index in [1.54, 1.807) is 17.0 Å². The number of hydrogen-bond donors (Lipinski definition) is 1. The predicted molar refractivity (Wildman–Crippen MR) is 67.3 cm³/mol. The molecule has 1 rings (SSSR count). The van der Waals surface area contributed by atoms with E-state index in [-0.39, 0.29) is 18.3 Å². The predicted octanol–water partition coefficient (Wildman–Crippen LogP) is 1.15. The second kappa shape index (κ2) is 7.08. The van der Waals surface area contributed by atoms with Gasteiger partial charge >= 0.3 is 0 Å². The summed E-state index contributed by atoms with van der Waals surface area (Å²) in [5.74, 6) is -0.482. The molecule has 0 radical (unpaired) electrons. The zero-order valence-corrected chi connectivity index (χ0v) is 10.7. The van der Waals surface area contributed by atoms with Gasteiger partial charge in [-0.2, -0.15) is 0 Å². The van der Waals surface area contributed by atoms with E-state index in [1.165, 1.54) is 19.2 Å². The zero-order chi connectivity index (χ0) is 13.5. The Labute approximate surface area is 107 Å². The van der Waals surface area contributed by atoms with Crippen LogP contribution in [0.4, 0.5) is 4.39 Å². The first-order chi connectivity index (χ1) is 8.62. The van der Waals surface area contributed by atoms with E-state index in [1.807, 2.05) is 6.92 Å². The van der Waals surface area contributed by atoms with E-state index >= 15 is 0 Å². The number of halogens is 1. The molecule has 18 heavy (non-hydrogen) atoms. The summed E-state index contributed by atoms with van der Waals surface area (Å²) in [5.41, 5.74) is 6.21. The van der Waals surface area contributed by atoms with E-state index in [4.69, 9.17) is 10.5 Å². The minimum atomic E-state index is -0.640. The SMILES string of the molecule is CCN(Cc1cccc(F)c1)C(=O)C(CN)OC. The maximum atomic E-state index is 13.1. The van der Waals surface area contributed by atoms with Gasteiger partial charge in [-0.15, -0.1) is 0 Å². The highest BCUT2D eigenvalue weighted by molar-refractivity contribution is 5.81. The second-order valence-electron chi connectivity index (χ2n) is 3.94. The van der Waals surface area contributed by atoms with Crippen molar-refractivity contribution in [1.29, 1.82) is 0 Å². The number of carbonyl (C=O) groups excluding carboxylic acids is 1. The Hall–Kier alpha value is -1.46. The van der Waals surface area contributed by atoms with Gasteiger partial charge in [0.1, 0.15) is 11.9 Å². The van der Waals surface area contributed by atoms with Crippen molar-refractivity contribution in [2.24, 2.45) is 5.73 Å². The van der Waals surface area contributed by atoms with Gasteiger partial charge in [0.25, 0.3) is 5.91 Å². The van der Waals surface area contributed by atoms with Gasteiger partial charge in [-0.3, -0.25) is 4.79 Å².